The maximum atomic E-state index is 5.84. The van der Waals surface area contributed by atoms with Crippen molar-refractivity contribution in [1.82, 2.24) is 9.97 Å². The van der Waals surface area contributed by atoms with Gasteiger partial charge in [0.25, 0.3) is 0 Å². The monoisotopic (exact) mass is 266 g/mol. The van der Waals surface area contributed by atoms with E-state index in [0.717, 1.165) is 55.7 Å². The summed E-state index contributed by atoms with van der Waals surface area (Å²) in [6.45, 7) is 3.67. The highest BCUT2D eigenvalue weighted by atomic mass is 32.2. The van der Waals surface area contributed by atoms with Crippen molar-refractivity contribution in [3.63, 3.8) is 0 Å². The van der Waals surface area contributed by atoms with E-state index in [1.54, 1.807) is 0 Å². The van der Waals surface area contributed by atoms with E-state index in [0.29, 0.717) is 11.9 Å². The zero-order valence-corrected chi connectivity index (χ0v) is 11.2. The van der Waals surface area contributed by atoms with Crippen LogP contribution in [0.15, 0.2) is 6.07 Å². The predicted molar refractivity (Wildman–Crippen MR) is 74.2 cm³/mol. The molecule has 0 saturated carbocycles. The minimum atomic E-state index is 0.382. The summed E-state index contributed by atoms with van der Waals surface area (Å²) in [6, 6.07) is 2.09. The summed E-state index contributed by atoms with van der Waals surface area (Å²) in [5.41, 5.74) is 6.87. The topological polar surface area (TPSA) is 64.3 Å². The fraction of sp³-hybridized carbons (Fsp3) is 0.667. The quantitative estimate of drug-likeness (QED) is 0.865. The van der Waals surface area contributed by atoms with Crippen molar-refractivity contribution in [1.29, 1.82) is 0 Å². The van der Waals surface area contributed by atoms with Crippen molar-refractivity contribution in [3.8, 4) is 0 Å². The van der Waals surface area contributed by atoms with Gasteiger partial charge in [0.2, 0.25) is 5.95 Å². The summed E-state index contributed by atoms with van der Waals surface area (Å²) in [5, 5.41) is 0. The van der Waals surface area contributed by atoms with Gasteiger partial charge in [-0.25, -0.2) is 4.98 Å². The SMILES string of the molecule is Nc1nc([C@H]2CCOC2)cc(N2CCSCC2)n1. The highest BCUT2D eigenvalue weighted by Gasteiger charge is 2.22. The largest absolute Gasteiger partial charge is 0.381 e. The molecule has 0 unspecified atom stereocenters. The van der Waals surface area contributed by atoms with Gasteiger partial charge in [-0.1, -0.05) is 0 Å². The molecular weight excluding hydrogens is 248 g/mol. The molecule has 1 aromatic rings. The average molecular weight is 266 g/mol. The van der Waals surface area contributed by atoms with E-state index >= 15 is 0 Å². The van der Waals surface area contributed by atoms with Crippen molar-refractivity contribution in [2.45, 2.75) is 12.3 Å². The van der Waals surface area contributed by atoms with Crippen molar-refractivity contribution in [3.05, 3.63) is 11.8 Å². The average Bonchev–Trinajstić information content (AvgIpc) is 2.93. The third-order valence-corrected chi connectivity index (χ3v) is 4.38. The molecule has 0 radical (unpaired) electrons. The molecule has 3 heterocycles. The summed E-state index contributed by atoms with van der Waals surface area (Å²) in [5.74, 6) is 4.06. The van der Waals surface area contributed by atoms with Crippen LogP contribution >= 0.6 is 11.8 Å². The van der Waals surface area contributed by atoms with Gasteiger partial charge in [-0.05, 0) is 6.42 Å². The van der Waals surface area contributed by atoms with Crippen molar-refractivity contribution in [2.75, 3.05) is 48.4 Å². The van der Waals surface area contributed by atoms with Crippen LogP contribution in [-0.4, -0.2) is 47.8 Å². The Labute approximate surface area is 111 Å². The highest BCUT2D eigenvalue weighted by molar-refractivity contribution is 7.99. The van der Waals surface area contributed by atoms with Crippen LogP contribution in [0.1, 0.15) is 18.0 Å². The van der Waals surface area contributed by atoms with Gasteiger partial charge in [0, 0.05) is 43.2 Å². The Bertz CT molecular complexity index is 417. The number of anilines is 2. The molecule has 0 bridgehead atoms. The molecule has 0 aromatic carbocycles. The first-order chi connectivity index (χ1) is 8.83. The molecule has 1 atom stereocenters. The molecule has 1 aromatic heterocycles. The third-order valence-electron chi connectivity index (χ3n) is 3.43. The van der Waals surface area contributed by atoms with E-state index in [2.05, 4.69) is 20.9 Å². The van der Waals surface area contributed by atoms with Crippen molar-refractivity contribution < 1.29 is 4.74 Å². The standard InChI is InChI=1S/C12H18N4OS/c13-12-14-10(9-1-4-17-8-9)7-11(15-12)16-2-5-18-6-3-16/h7,9H,1-6,8H2,(H2,13,14,15)/t9-/m0/s1. The van der Waals surface area contributed by atoms with Crippen molar-refractivity contribution >= 4 is 23.5 Å². The first-order valence-corrected chi connectivity index (χ1v) is 7.53. The fourth-order valence-electron chi connectivity index (χ4n) is 2.40. The number of thioether (sulfide) groups is 1. The normalized spacial score (nSPS) is 24.4. The summed E-state index contributed by atoms with van der Waals surface area (Å²) in [7, 11) is 0. The van der Waals surface area contributed by atoms with Gasteiger partial charge < -0.3 is 15.4 Å². The van der Waals surface area contributed by atoms with Gasteiger partial charge in [0.1, 0.15) is 5.82 Å². The number of nitrogen functional groups attached to an aromatic ring is 1. The molecule has 18 heavy (non-hydrogen) atoms. The molecule has 98 valence electrons. The molecule has 2 N–H and O–H groups in total. The molecule has 2 aliphatic heterocycles. The maximum Gasteiger partial charge on any atom is 0.222 e. The third kappa shape index (κ3) is 2.54. The summed E-state index contributed by atoms with van der Waals surface area (Å²) in [6.07, 6.45) is 1.03. The lowest BCUT2D eigenvalue weighted by Crippen LogP contribution is -2.33. The highest BCUT2D eigenvalue weighted by Crippen LogP contribution is 2.27. The van der Waals surface area contributed by atoms with Crippen LogP contribution in [0.25, 0.3) is 0 Å². The minimum absolute atomic E-state index is 0.382. The number of hydrogen-bond acceptors (Lipinski definition) is 6. The summed E-state index contributed by atoms with van der Waals surface area (Å²) in [4.78, 5) is 11.0. The molecule has 0 spiro atoms. The van der Waals surface area contributed by atoms with Gasteiger partial charge in [-0.15, -0.1) is 0 Å². The molecular formula is C12H18N4OS. The number of hydrogen-bond donors (Lipinski definition) is 1. The van der Waals surface area contributed by atoms with E-state index in [1.807, 2.05) is 11.8 Å². The first-order valence-electron chi connectivity index (χ1n) is 6.38. The molecule has 6 heteroatoms. The lowest BCUT2D eigenvalue weighted by atomic mass is 10.0. The number of nitrogens with two attached hydrogens (primary N) is 1. The van der Waals surface area contributed by atoms with E-state index < -0.39 is 0 Å². The number of nitrogens with zero attached hydrogens (tertiary/aromatic N) is 3. The van der Waals surface area contributed by atoms with Gasteiger partial charge in [-0.3, -0.25) is 0 Å². The van der Waals surface area contributed by atoms with Crippen LogP contribution in [-0.2, 0) is 4.74 Å². The summed E-state index contributed by atoms with van der Waals surface area (Å²) >= 11 is 1.99. The Morgan fingerprint density at radius 1 is 1.33 bits per heavy atom. The number of ether oxygens (including phenoxy) is 1. The Balaban J connectivity index is 1.84. The van der Waals surface area contributed by atoms with E-state index in [-0.39, 0.29) is 0 Å². The lowest BCUT2D eigenvalue weighted by molar-refractivity contribution is 0.193. The molecule has 0 aliphatic carbocycles. The van der Waals surface area contributed by atoms with E-state index in [1.165, 1.54) is 0 Å². The zero-order chi connectivity index (χ0) is 12.4. The van der Waals surface area contributed by atoms with Gasteiger partial charge in [0.05, 0.1) is 12.3 Å². The zero-order valence-electron chi connectivity index (χ0n) is 10.3. The maximum absolute atomic E-state index is 5.84. The Morgan fingerprint density at radius 3 is 2.89 bits per heavy atom. The van der Waals surface area contributed by atoms with Crippen molar-refractivity contribution in [2.24, 2.45) is 0 Å². The lowest BCUT2D eigenvalue weighted by Gasteiger charge is -2.28. The van der Waals surface area contributed by atoms with E-state index in [9.17, 15) is 0 Å². The van der Waals surface area contributed by atoms with Crippen LogP contribution in [0.4, 0.5) is 11.8 Å². The number of aromatic nitrogens is 2. The predicted octanol–water partition coefficient (Wildman–Crippen LogP) is 1.12. The van der Waals surface area contributed by atoms with Crippen LogP contribution in [0, 0.1) is 0 Å². The van der Waals surface area contributed by atoms with Crippen LogP contribution in [0.2, 0.25) is 0 Å². The molecule has 3 rings (SSSR count). The minimum Gasteiger partial charge on any atom is -0.381 e. The Kier molecular flexibility index (Phi) is 3.56. The van der Waals surface area contributed by atoms with Crippen LogP contribution < -0.4 is 10.6 Å². The molecule has 2 fully saturated rings. The van der Waals surface area contributed by atoms with Gasteiger partial charge >= 0.3 is 0 Å². The number of rotatable bonds is 2. The molecule has 0 amide bonds. The second kappa shape index (κ2) is 5.32. The molecule has 5 nitrogen and oxygen atoms in total. The summed E-state index contributed by atoms with van der Waals surface area (Å²) < 4.78 is 5.42. The van der Waals surface area contributed by atoms with Crippen LogP contribution in [0.5, 0.6) is 0 Å². The Morgan fingerprint density at radius 2 is 2.17 bits per heavy atom. The molecule has 2 aliphatic rings. The fourth-order valence-corrected chi connectivity index (χ4v) is 3.31. The van der Waals surface area contributed by atoms with Gasteiger partial charge in [-0.2, -0.15) is 16.7 Å². The Hall–Kier alpha value is -1.01. The molecule has 2 saturated heterocycles. The first kappa shape index (κ1) is 12.0. The smallest absolute Gasteiger partial charge is 0.222 e. The van der Waals surface area contributed by atoms with E-state index in [4.69, 9.17) is 10.5 Å². The second-order valence-corrected chi connectivity index (χ2v) is 5.89. The van der Waals surface area contributed by atoms with Crippen LogP contribution in [0.3, 0.4) is 0 Å². The second-order valence-electron chi connectivity index (χ2n) is 4.67. The van der Waals surface area contributed by atoms with Gasteiger partial charge in [0.15, 0.2) is 0 Å².